The zero-order valence-corrected chi connectivity index (χ0v) is 24.0. The molecule has 3 heterocycles. The molecule has 0 saturated carbocycles. The highest BCUT2D eigenvalue weighted by molar-refractivity contribution is 5.99. The number of amides is 2. The molecular weight excluding hydrogens is 549 g/mol. The summed E-state index contributed by atoms with van der Waals surface area (Å²) in [7, 11) is 0. The van der Waals surface area contributed by atoms with Crippen molar-refractivity contribution in [1.29, 1.82) is 0 Å². The number of hydrogen-bond donors (Lipinski definition) is 1. The van der Waals surface area contributed by atoms with Crippen LogP contribution in [0.2, 0.25) is 0 Å². The Bertz CT molecular complexity index is 1450. The Morgan fingerprint density at radius 3 is 2.51 bits per heavy atom. The summed E-state index contributed by atoms with van der Waals surface area (Å²) in [5.74, 6) is -0.215. The molecule has 3 aliphatic rings. The van der Waals surface area contributed by atoms with Crippen LogP contribution >= 0.6 is 0 Å². The van der Waals surface area contributed by atoms with Gasteiger partial charge in [-0.2, -0.15) is 0 Å². The highest BCUT2D eigenvalue weighted by Gasteiger charge is 2.48. The largest absolute Gasteiger partial charge is 0.467 e. The maximum Gasteiger partial charge on any atom is 0.267 e. The molecule has 1 unspecified atom stereocenters. The second kappa shape index (κ2) is 13.1. The lowest BCUT2D eigenvalue weighted by Crippen LogP contribution is -2.62. The van der Waals surface area contributed by atoms with Crippen molar-refractivity contribution < 1.29 is 28.3 Å². The van der Waals surface area contributed by atoms with E-state index in [-0.39, 0.29) is 11.7 Å². The van der Waals surface area contributed by atoms with Crippen LogP contribution in [-0.4, -0.2) is 53.3 Å². The number of carbonyl (C=O) groups is 2. The standard InChI is InChI=1S/C34H36FN3O5/c35-28-13-9-27(10-14-28)23-37-19-17-34(18-20-37)38(24-26-6-2-1-3-7-26)33(40)29-22-25(11-15-30(29)42-34)12-16-31(39)36-43-32-8-4-5-21-41-32/h1-3,6-7,9-16,22,32H,4-5,8,17-21,23-24H2,(H,36,39)/b16-12+. The zero-order chi connectivity index (χ0) is 29.6. The number of hydroxylamine groups is 1. The van der Waals surface area contributed by atoms with Gasteiger partial charge in [0.05, 0.1) is 5.56 Å². The van der Waals surface area contributed by atoms with Crippen LogP contribution in [0.3, 0.4) is 0 Å². The molecule has 2 amide bonds. The monoisotopic (exact) mass is 585 g/mol. The average Bonchev–Trinajstić information content (AvgIpc) is 3.04. The van der Waals surface area contributed by atoms with Crippen LogP contribution in [0.15, 0.2) is 78.9 Å². The van der Waals surface area contributed by atoms with Crippen molar-refractivity contribution in [1.82, 2.24) is 15.3 Å². The van der Waals surface area contributed by atoms with Crippen LogP contribution in [0.4, 0.5) is 4.39 Å². The van der Waals surface area contributed by atoms with E-state index in [1.165, 1.54) is 18.2 Å². The maximum atomic E-state index is 14.1. The first-order chi connectivity index (χ1) is 21.0. The van der Waals surface area contributed by atoms with E-state index < -0.39 is 17.9 Å². The van der Waals surface area contributed by atoms with Crippen molar-refractivity contribution in [2.24, 2.45) is 0 Å². The number of fused-ring (bicyclic) bond motifs is 1. The number of piperidine rings is 1. The molecule has 1 spiro atoms. The fourth-order valence-corrected chi connectivity index (χ4v) is 5.89. The van der Waals surface area contributed by atoms with Crippen molar-refractivity contribution in [2.45, 2.75) is 57.2 Å². The first-order valence-electron chi connectivity index (χ1n) is 14.9. The second-order valence-electron chi connectivity index (χ2n) is 11.3. The van der Waals surface area contributed by atoms with Crippen molar-refractivity contribution in [3.05, 3.63) is 107 Å². The SMILES string of the molecule is O=C(/C=C/c1ccc2c(c1)C(=O)N(Cc1ccccc1)C1(CCN(Cc3ccc(F)cc3)CC1)O2)NOC1CCCCO1. The van der Waals surface area contributed by atoms with E-state index in [1.807, 2.05) is 59.5 Å². The Hall–Kier alpha value is -4.05. The van der Waals surface area contributed by atoms with Gasteiger partial charge < -0.3 is 9.47 Å². The van der Waals surface area contributed by atoms with Crippen LogP contribution in [-0.2, 0) is 27.5 Å². The number of rotatable bonds is 8. The fourth-order valence-electron chi connectivity index (χ4n) is 5.89. The molecule has 0 radical (unpaired) electrons. The summed E-state index contributed by atoms with van der Waals surface area (Å²) >= 11 is 0. The van der Waals surface area contributed by atoms with E-state index in [9.17, 15) is 14.0 Å². The van der Waals surface area contributed by atoms with Gasteiger partial charge in [-0.3, -0.25) is 19.4 Å². The lowest BCUT2D eigenvalue weighted by atomic mass is 9.93. The fraction of sp³-hybridized carbons (Fsp3) is 0.353. The van der Waals surface area contributed by atoms with Crippen LogP contribution in [0.25, 0.3) is 6.08 Å². The number of ether oxygens (including phenoxy) is 2. The number of hydrogen-bond acceptors (Lipinski definition) is 6. The lowest BCUT2D eigenvalue weighted by molar-refractivity contribution is -0.198. The lowest BCUT2D eigenvalue weighted by Gasteiger charge is -2.51. The average molecular weight is 586 g/mol. The number of carbonyl (C=O) groups excluding carboxylic acids is 2. The smallest absolute Gasteiger partial charge is 0.267 e. The van der Waals surface area contributed by atoms with Gasteiger partial charge in [-0.1, -0.05) is 48.5 Å². The van der Waals surface area contributed by atoms with Gasteiger partial charge in [0.25, 0.3) is 11.8 Å². The number of benzene rings is 3. The molecule has 3 aromatic rings. The summed E-state index contributed by atoms with van der Waals surface area (Å²) in [6.07, 6.45) is 6.60. The molecule has 3 aromatic carbocycles. The third-order valence-electron chi connectivity index (χ3n) is 8.27. The molecule has 9 heteroatoms. The Balaban J connectivity index is 1.17. The van der Waals surface area contributed by atoms with Gasteiger partial charge in [0.15, 0.2) is 12.0 Å². The Morgan fingerprint density at radius 1 is 1.00 bits per heavy atom. The molecule has 1 N–H and O–H groups in total. The Morgan fingerprint density at radius 2 is 1.77 bits per heavy atom. The van der Waals surface area contributed by atoms with E-state index in [2.05, 4.69) is 10.4 Å². The molecule has 2 fully saturated rings. The second-order valence-corrected chi connectivity index (χ2v) is 11.3. The van der Waals surface area contributed by atoms with Gasteiger partial charge in [-0.15, -0.1) is 0 Å². The minimum absolute atomic E-state index is 0.102. The van der Waals surface area contributed by atoms with Gasteiger partial charge in [-0.25, -0.2) is 14.7 Å². The first kappa shape index (κ1) is 29.0. The molecule has 0 aliphatic carbocycles. The van der Waals surface area contributed by atoms with E-state index in [1.54, 1.807) is 12.1 Å². The summed E-state index contributed by atoms with van der Waals surface area (Å²) in [4.78, 5) is 36.0. The highest BCUT2D eigenvalue weighted by Crippen LogP contribution is 2.41. The predicted octanol–water partition coefficient (Wildman–Crippen LogP) is 5.44. The maximum absolute atomic E-state index is 14.1. The molecule has 1 atom stereocenters. The van der Waals surface area contributed by atoms with Crippen LogP contribution in [0.1, 0.15) is 59.2 Å². The molecule has 43 heavy (non-hydrogen) atoms. The van der Waals surface area contributed by atoms with Gasteiger partial charge in [0.2, 0.25) is 0 Å². The summed E-state index contributed by atoms with van der Waals surface area (Å²) in [5.41, 5.74) is 4.86. The van der Waals surface area contributed by atoms with Gasteiger partial charge >= 0.3 is 0 Å². The minimum atomic E-state index is -0.783. The minimum Gasteiger partial charge on any atom is -0.467 e. The van der Waals surface area contributed by atoms with E-state index >= 15 is 0 Å². The van der Waals surface area contributed by atoms with Crippen molar-refractivity contribution in [3.8, 4) is 5.75 Å². The molecule has 0 aromatic heterocycles. The van der Waals surface area contributed by atoms with Crippen molar-refractivity contribution in [3.63, 3.8) is 0 Å². The van der Waals surface area contributed by atoms with Gasteiger partial charge in [0, 0.05) is 58.1 Å². The molecular formula is C34H36FN3O5. The molecule has 6 rings (SSSR count). The number of nitrogens with zero attached hydrogens (tertiary/aromatic N) is 2. The van der Waals surface area contributed by atoms with E-state index in [4.69, 9.17) is 14.3 Å². The quantitative estimate of drug-likeness (QED) is 0.280. The summed E-state index contributed by atoms with van der Waals surface area (Å²) < 4.78 is 25.6. The van der Waals surface area contributed by atoms with Gasteiger partial charge in [0.1, 0.15) is 11.6 Å². The third-order valence-corrected chi connectivity index (χ3v) is 8.27. The normalized spacial score (nSPS) is 20.2. The number of nitrogens with one attached hydrogen (secondary N) is 1. The van der Waals surface area contributed by atoms with Gasteiger partial charge in [-0.05, 0) is 59.9 Å². The van der Waals surface area contributed by atoms with E-state index in [0.29, 0.717) is 49.4 Å². The molecule has 2 saturated heterocycles. The number of likely N-dealkylation sites (tertiary alicyclic amines) is 1. The Labute approximate surface area is 251 Å². The van der Waals surface area contributed by atoms with Crippen LogP contribution in [0, 0.1) is 5.82 Å². The Kier molecular flexibility index (Phi) is 8.83. The topological polar surface area (TPSA) is 80.3 Å². The van der Waals surface area contributed by atoms with E-state index in [0.717, 1.165) is 43.5 Å². The molecule has 0 bridgehead atoms. The first-order valence-corrected chi connectivity index (χ1v) is 14.9. The molecule has 224 valence electrons. The summed E-state index contributed by atoms with van der Waals surface area (Å²) in [6.45, 7) is 3.21. The summed E-state index contributed by atoms with van der Waals surface area (Å²) in [6, 6.07) is 21.9. The van der Waals surface area contributed by atoms with Crippen LogP contribution in [0.5, 0.6) is 5.75 Å². The third kappa shape index (κ3) is 6.96. The van der Waals surface area contributed by atoms with Crippen molar-refractivity contribution >= 4 is 17.9 Å². The predicted molar refractivity (Wildman–Crippen MR) is 159 cm³/mol. The number of halogens is 1. The summed E-state index contributed by atoms with van der Waals surface area (Å²) in [5, 5.41) is 0. The van der Waals surface area contributed by atoms with Crippen LogP contribution < -0.4 is 10.2 Å². The van der Waals surface area contributed by atoms with Crippen molar-refractivity contribution in [2.75, 3.05) is 19.7 Å². The zero-order valence-electron chi connectivity index (χ0n) is 24.0. The highest BCUT2D eigenvalue weighted by atomic mass is 19.1. The molecule has 8 nitrogen and oxygen atoms in total. The molecule has 3 aliphatic heterocycles.